The third-order valence-corrected chi connectivity index (χ3v) is 7.68. The molecule has 0 fully saturated rings. The first-order chi connectivity index (χ1) is 19.8. The van der Waals surface area contributed by atoms with Gasteiger partial charge in [0.1, 0.15) is 11.4 Å². The summed E-state index contributed by atoms with van der Waals surface area (Å²) in [5.74, 6) is 0.804. The van der Waals surface area contributed by atoms with Gasteiger partial charge in [-0.3, -0.25) is 4.90 Å². The van der Waals surface area contributed by atoms with Gasteiger partial charge in [0.05, 0.1) is 0 Å². The summed E-state index contributed by atoms with van der Waals surface area (Å²) >= 11 is 0. The monoisotopic (exact) mass is 512 g/mol. The fraction of sp³-hybridized carbons (Fsp3) is 0. The number of rotatable bonds is 4. The van der Waals surface area contributed by atoms with Crippen LogP contribution < -0.4 is 4.90 Å². The summed E-state index contributed by atoms with van der Waals surface area (Å²) in [5.41, 5.74) is 5.92. The Balaban J connectivity index is 1.33. The molecule has 2 aromatic heterocycles. The number of nitrogens with zero attached hydrogens (tertiary/aromatic N) is 2. The van der Waals surface area contributed by atoms with E-state index in [4.69, 9.17) is 9.40 Å². The fourth-order valence-corrected chi connectivity index (χ4v) is 5.70. The molecule has 0 aliphatic rings. The van der Waals surface area contributed by atoms with Crippen molar-refractivity contribution in [3.63, 3.8) is 0 Å². The van der Waals surface area contributed by atoms with Crippen molar-refractivity contribution < 1.29 is 4.42 Å². The van der Waals surface area contributed by atoms with E-state index < -0.39 is 0 Å². The van der Waals surface area contributed by atoms with Gasteiger partial charge in [-0.1, -0.05) is 103 Å². The quantitative estimate of drug-likeness (QED) is 0.220. The predicted molar refractivity (Wildman–Crippen MR) is 167 cm³/mol. The molecule has 8 aromatic rings. The molecule has 0 unspecified atom stereocenters. The van der Waals surface area contributed by atoms with E-state index in [-0.39, 0.29) is 0 Å². The molecule has 0 amide bonds. The number of fused-ring (bicyclic) bond motifs is 6. The zero-order valence-electron chi connectivity index (χ0n) is 21.7. The van der Waals surface area contributed by atoms with Crippen molar-refractivity contribution in [2.24, 2.45) is 0 Å². The van der Waals surface area contributed by atoms with Gasteiger partial charge in [0.2, 0.25) is 5.71 Å². The van der Waals surface area contributed by atoms with Crippen molar-refractivity contribution in [1.82, 2.24) is 4.98 Å². The molecule has 0 atom stereocenters. The number of hydrogen-bond acceptors (Lipinski definition) is 3. The summed E-state index contributed by atoms with van der Waals surface area (Å²) in [7, 11) is 0. The third kappa shape index (κ3) is 3.71. The molecule has 0 aliphatic carbocycles. The highest BCUT2D eigenvalue weighted by molar-refractivity contribution is 6.09. The van der Waals surface area contributed by atoms with Gasteiger partial charge in [0.25, 0.3) is 0 Å². The summed E-state index contributed by atoms with van der Waals surface area (Å²) in [6.07, 6.45) is 0. The van der Waals surface area contributed by atoms with Crippen LogP contribution in [0.2, 0.25) is 0 Å². The molecule has 0 spiro atoms. The summed E-state index contributed by atoms with van der Waals surface area (Å²) < 4.78 is 6.18. The van der Waals surface area contributed by atoms with Gasteiger partial charge in [-0.2, -0.15) is 4.98 Å². The summed E-state index contributed by atoms with van der Waals surface area (Å²) in [6.45, 7) is 0. The molecule has 0 aliphatic heterocycles. The average Bonchev–Trinajstić information content (AvgIpc) is 3.40. The van der Waals surface area contributed by atoms with E-state index in [9.17, 15) is 0 Å². The molecule has 0 radical (unpaired) electrons. The van der Waals surface area contributed by atoms with E-state index in [1.54, 1.807) is 0 Å². The van der Waals surface area contributed by atoms with Crippen molar-refractivity contribution in [2.75, 3.05) is 4.90 Å². The highest BCUT2D eigenvalue weighted by Crippen LogP contribution is 2.39. The molecule has 3 heteroatoms. The molecule has 0 saturated heterocycles. The van der Waals surface area contributed by atoms with Crippen LogP contribution in [0.4, 0.5) is 17.2 Å². The minimum Gasteiger partial charge on any atom is -0.438 e. The highest BCUT2D eigenvalue weighted by atomic mass is 16.3. The number of pyridine rings is 1. The minimum absolute atomic E-state index is 0.635. The van der Waals surface area contributed by atoms with E-state index in [2.05, 4.69) is 126 Å². The zero-order valence-corrected chi connectivity index (χ0v) is 21.7. The lowest BCUT2D eigenvalue weighted by Crippen LogP contribution is -2.11. The number of hydrogen-bond donors (Lipinski definition) is 0. The molecule has 8 rings (SSSR count). The maximum Gasteiger partial charge on any atom is 0.229 e. The second kappa shape index (κ2) is 9.11. The molecular weight excluding hydrogens is 488 g/mol. The van der Waals surface area contributed by atoms with Crippen molar-refractivity contribution in [2.45, 2.75) is 0 Å². The number of furan rings is 1. The highest BCUT2D eigenvalue weighted by Gasteiger charge is 2.18. The van der Waals surface area contributed by atoms with Crippen LogP contribution in [0.3, 0.4) is 0 Å². The van der Waals surface area contributed by atoms with E-state index in [1.807, 2.05) is 24.3 Å². The number of benzene rings is 6. The second-order valence-corrected chi connectivity index (χ2v) is 10.1. The molecule has 3 nitrogen and oxygen atoms in total. The van der Waals surface area contributed by atoms with Gasteiger partial charge in [-0.25, -0.2) is 0 Å². The molecule has 2 heterocycles. The minimum atomic E-state index is 0.635. The average molecular weight is 513 g/mol. The first-order valence-corrected chi connectivity index (χ1v) is 13.5. The largest absolute Gasteiger partial charge is 0.438 e. The van der Waals surface area contributed by atoms with Gasteiger partial charge in [-0.15, -0.1) is 0 Å². The first-order valence-electron chi connectivity index (χ1n) is 13.5. The molecule has 6 aromatic carbocycles. The maximum atomic E-state index is 6.18. The lowest BCUT2D eigenvalue weighted by atomic mass is 10.0. The van der Waals surface area contributed by atoms with E-state index in [0.717, 1.165) is 33.5 Å². The summed E-state index contributed by atoms with van der Waals surface area (Å²) in [4.78, 5) is 7.26. The van der Waals surface area contributed by atoms with Gasteiger partial charge in [0, 0.05) is 22.1 Å². The normalized spacial score (nSPS) is 11.5. The topological polar surface area (TPSA) is 29.3 Å². The van der Waals surface area contributed by atoms with Gasteiger partial charge in [0.15, 0.2) is 0 Å². The van der Waals surface area contributed by atoms with Gasteiger partial charge >= 0.3 is 0 Å². The predicted octanol–water partition coefficient (Wildman–Crippen LogP) is 10.4. The smallest absolute Gasteiger partial charge is 0.229 e. The van der Waals surface area contributed by atoms with Crippen LogP contribution in [0.5, 0.6) is 0 Å². The molecule has 0 N–H and O–H groups in total. The third-order valence-electron chi connectivity index (χ3n) is 7.68. The lowest BCUT2D eigenvalue weighted by Gasteiger charge is -2.25. The Morgan fingerprint density at radius 2 is 1.10 bits per heavy atom. The van der Waals surface area contributed by atoms with Gasteiger partial charge in [-0.05, 0) is 75.1 Å². The van der Waals surface area contributed by atoms with Crippen LogP contribution in [0.15, 0.2) is 150 Å². The molecule has 0 saturated carbocycles. The van der Waals surface area contributed by atoms with Crippen LogP contribution in [0.1, 0.15) is 0 Å². The van der Waals surface area contributed by atoms with Crippen LogP contribution in [-0.2, 0) is 0 Å². The second-order valence-electron chi connectivity index (χ2n) is 10.1. The maximum absolute atomic E-state index is 6.18. The zero-order chi connectivity index (χ0) is 26.5. The van der Waals surface area contributed by atoms with Crippen LogP contribution in [-0.4, -0.2) is 4.98 Å². The van der Waals surface area contributed by atoms with Crippen molar-refractivity contribution in [3.8, 4) is 11.1 Å². The number of aromatic nitrogens is 1. The molecule has 40 heavy (non-hydrogen) atoms. The Morgan fingerprint density at radius 3 is 1.95 bits per heavy atom. The SMILES string of the molecule is c1ccc(-c2ccc(N(c3ccc4ccc5ccccc5c4c3)c3ccc4c(n3)oc3ccccc34)cc2)cc1. The Bertz CT molecular complexity index is 2160. The summed E-state index contributed by atoms with van der Waals surface area (Å²) in [6, 6.07) is 51.0. The van der Waals surface area contributed by atoms with Crippen LogP contribution in [0.25, 0.3) is 54.7 Å². The molecular formula is C37H24N2O. The van der Waals surface area contributed by atoms with Crippen molar-refractivity contribution in [1.29, 1.82) is 0 Å². The first kappa shape index (κ1) is 22.6. The Kier molecular flexibility index (Phi) is 5.14. The lowest BCUT2D eigenvalue weighted by molar-refractivity contribution is 0.654. The van der Waals surface area contributed by atoms with E-state index in [1.165, 1.54) is 32.7 Å². The van der Waals surface area contributed by atoms with Crippen molar-refractivity contribution in [3.05, 3.63) is 146 Å². The summed E-state index contributed by atoms with van der Waals surface area (Å²) in [5, 5.41) is 6.99. The molecule has 0 bridgehead atoms. The van der Waals surface area contributed by atoms with Crippen LogP contribution in [0, 0.1) is 0 Å². The van der Waals surface area contributed by atoms with E-state index >= 15 is 0 Å². The molecule has 188 valence electrons. The Labute approximate surface area is 231 Å². The fourth-order valence-electron chi connectivity index (χ4n) is 5.70. The van der Waals surface area contributed by atoms with Gasteiger partial charge < -0.3 is 4.42 Å². The Hall–Kier alpha value is -5.41. The number of para-hydroxylation sites is 1. The van der Waals surface area contributed by atoms with Crippen molar-refractivity contribution >= 4 is 60.8 Å². The number of anilines is 3. The standard InChI is InChI=1S/C37H24N2O/c1-2-8-25(9-3-1)26-16-19-29(20-17-26)39(36-23-22-33-32-12-6-7-13-35(32)40-37(33)38-36)30-21-18-28-15-14-27-10-4-5-11-31(27)34(28)24-30/h1-24H. The Morgan fingerprint density at radius 1 is 0.450 bits per heavy atom. The van der Waals surface area contributed by atoms with Crippen LogP contribution >= 0.6 is 0 Å². The van der Waals surface area contributed by atoms with E-state index in [0.29, 0.717) is 5.71 Å².